The molecule has 0 saturated carbocycles. The van der Waals surface area contributed by atoms with Gasteiger partial charge in [-0.15, -0.1) is 11.8 Å². The molecule has 0 aliphatic carbocycles. The summed E-state index contributed by atoms with van der Waals surface area (Å²) in [6.45, 7) is 2.10. The zero-order valence-electron chi connectivity index (χ0n) is 13.7. The Morgan fingerprint density at radius 3 is 1.41 bits per heavy atom. The molecule has 108 valence electrons. The molecule has 0 bridgehead atoms. The molecule has 0 spiro atoms. The molecule has 0 aliphatic rings. The van der Waals surface area contributed by atoms with E-state index in [4.69, 9.17) is 23.2 Å². The van der Waals surface area contributed by atoms with Crippen LogP contribution in [0.4, 0.5) is 0 Å². The van der Waals surface area contributed by atoms with Crippen LogP contribution in [0.1, 0.15) is 5.56 Å². The van der Waals surface area contributed by atoms with Gasteiger partial charge in [-0.1, -0.05) is 40.9 Å². The molecule has 2 rings (SSSR count). The van der Waals surface area contributed by atoms with E-state index in [9.17, 15) is 0 Å². The molecule has 0 heterocycles. The predicted octanol–water partition coefficient (Wildman–Crippen LogP) is -0.930. The number of thioether (sulfide) groups is 1. The molecule has 0 amide bonds. The molecule has 22 heavy (non-hydrogen) atoms. The Bertz CT molecular complexity index is 433. The van der Waals surface area contributed by atoms with E-state index in [2.05, 4.69) is 37.4 Å². The van der Waals surface area contributed by atoms with Gasteiger partial charge >= 0.3 is 73.2 Å². The molecule has 8 heteroatoms. The van der Waals surface area contributed by atoms with Crippen molar-refractivity contribution in [2.75, 3.05) is 6.26 Å². The molecular formula is C14H16Cl3Na3S2. The van der Waals surface area contributed by atoms with Gasteiger partial charge in [-0.05, 0) is 49.6 Å². The van der Waals surface area contributed by atoms with Crippen LogP contribution in [0.2, 0.25) is 10.0 Å². The molecular weight excluding hydrogens is 408 g/mol. The maximum absolute atomic E-state index is 5.55. The second kappa shape index (κ2) is 22.1. The van der Waals surface area contributed by atoms with Gasteiger partial charge in [0.05, 0.1) is 0 Å². The van der Waals surface area contributed by atoms with Crippen molar-refractivity contribution in [2.24, 2.45) is 0 Å². The van der Waals surface area contributed by atoms with Crippen LogP contribution in [0.25, 0.3) is 0 Å². The Labute approximate surface area is 212 Å². The van der Waals surface area contributed by atoms with Gasteiger partial charge < -0.3 is 12.4 Å². The molecule has 0 aliphatic heterocycles. The number of hydrogen-bond acceptors (Lipinski definition) is 1. The third-order valence-corrected chi connectivity index (χ3v) is 3.31. The van der Waals surface area contributed by atoms with Gasteiger partial charge in [0.25, 0.3) is 0 Å². The average Bonchev–Trinajstić information content (AvgIpc) is 2.46. The van der Waals surface area contributed by atoms with Crippen molar-refractivity contribution >= 4 is 92.1 Å². The molecule has 0 N–H and O–H groups in total. The summed E-state index contributed by atoms with van der Waals surface area (Å²) in [4.78, 5) is 1.33. The summed E-state index contributed by atoms with van der Waals surface area (Å²) in [7, 11) is 0. The van der Waals surface area contributed by atoms with E-state index in [1.54, 1.807) is 36.0 Å². The van der Waals surface area contributed by atoms with Crippen molar-refractivity contribution in [1.82, 2.24) is 0 Å². The number of aryl methyl sites for hydroxylation is 1. The molecule has 0 nitrogen and oxygen atoms in total. The first-order valence-electron chi connectivity index (χ1n) is 6.13. The maximum atomic E-state index is 5.55. The van der Waals surface area contributed by atoms with Gasteiger partial charge in [0.1, 0.15) is 0 Å². The van der Waals surface area contributed by atoms with E-state index >= 15 is 0 Å². The summed E-state index contributed by atoms with van der Waals surface area (Å²) in [5, 5.41) is 1.43. The van der Waals surface area contributed by atoms with Crippen LogP contribution in [0.15, 0.2) is 53.4 Å². The number of hydrogen-bond donors (Lipinski definition) is 0. The zero-order valence-corrected chi connectivity index (χ0v) is 23.7. The fraction of sp³-hybridized carbons (Fsp3) is 0.143. The first kappa shape index (κ1) is 32.7. The van der Waals surface area contributed by atoms with Crippen LogP contribution in [0, 0.1) is 6.92 Å². The third-order valence-electron chi connectivity index (χ3n) is 2.06. The van der Waals surface area contributed by atoms with E-state index in [0.717, 1.165) is 10.0 Å². The quantitative estimate of drug-likeness (QED) is 0.422. The zero-order chi connectivity index (χ0) is 14.7. The van der Waals surface area contributed by atoms with Crippen LogP contribution in [0.5, 0.6) is 0 Å². The van der Waals surface area contributed by atoms with Crippen LogP contribution < -0.4 is 42.0 Å². The number of benzene rings is 2. The average molecular weight is 424 g/mol. The van der Waals surface area contributed by atoms with Crippen molar-refractivity contribution in [2.45, 2.75) is 11.8 Å². The summed E-state index contributed by atoms with van der Waals surface area (Å²) in [6.07, 6.45) is 2.09. The van der Waals surface area contributed by atoms with Crippen molar-refractivity contribution in [1.29, 1.82) is 0 Å². The van der Waals surface area contributed by atoms with Crippen molar-refractivity contribution in [3.63, 3.8) is 0 Å². The molecule has 0 unspecified atom stereocenters. The van der Waals surface area contributed by atoms with E-state index < -0.39 is 0 Å². The van der Waals surface area contributed by atoms with Crippen LogP contribution in [-0.2, 0) is 0 Å². The summed E-state index contributed by atoms with van der Waals surface area (Å²) < 4.78 is 0. The standard InChI is InChI=1S/C8H10S.C6H4Cl2.ClH.3Na.H2S/c1-7-3-5-8(9-2)6-4-7;7-5-1-2-6(8)4-3-5;;;;;/h3-6H,1-2H3;1-4H;1H;;;;1H2/q;;;;;+1;/p-1. The fourth-order valence-electron chi connectivity index (χ4n) is 1.10. The predicted molar refractivity (Wildman–Crippen MR) is 101 cm³/mol. The summed E-state index contributed by atoms with van der Waals surface area (Å²) in [5.41, 5.74) is 1.33. The Morgan fingerprint density at radius 2 is 1.14 bits per heavy atom. The molecule has 0 radical (unpaired) electrons. The summed E-state index contributed by atoms with van der Waals surface area (Å²) in [5.74, 6) is 0. The monoisotopic (exact) mass is 422 g/mol. The fourth-order valence-corrected chi connectivity index (χ4v) is 1.76. The van der Waals surface area contributed by atoms with E-state index in [-0.39, 0.29) is 55.5 Å². The van der Waals surface area contributed by atoms with Gasteiger partial charge in [-0.3, -0.25) is 0 Å². The second-order valence-corrected chi connectivity index (χ2v) is 5.21. The van der Waals surface area contributed by atoms with Crippen LogP contribution >= 0.6 is 48.5 Å². The molecule has 2 aromatic carbocycles. The van der Waals surface area contributed by atoms with Crippen molar-refractivity contribution < 1.29 is 42.0 Å². The second-order valence-electron chi connectivity index (χ2n) is 3.45. The van der Waals surface area contributed by atoms with Gasteiger partial charge in [-0.2, -0.15) is 13.5 Å². The summed E-state index contributed by atoms with van der Waals surface area (Å²) >= 11 is 15.8. The first-order chi connectivity index (χ1) is 9.11. The molecule has 2 aromatic rings. The van der Waals surface area contributed by atoms with Gasteiger partial charge in [-0.25, -0.2) is 0 Å². The Hall–Kier alpha value is 3.01. The molecule has 0 atom stereocenters. The van der Waals surface area contributed by atoms with Gasteiger partial charge in [0, 0.05) is 14.9 Å². The van der Waals surface area contributed by atoms with E-state index in [1.807, 2.05) is 0 Å². The normalized spacial score (nSPS) is 7.64. The van der Waals surface area contributed by atoms with Crippen molar-refractivity contribution in [3.8, 4) is 0 Å². The first-order valence-corrected chi connectivity index (χ1v) is 16.1. The third kappa shape index (κ3) is 17.8. The van der Waals surface area contributed by atoms with E-state index in [0.29, 0.717) is 0 Å². The minimum atomic E-state index is 0. The van der Waals surface area contributed by atoms with E-state index in [1.165, 1.54) is 54.1 Å². The van der Waals surface area contributed by atoms with Gasteiger partial charge in [0.15, 0.2) is 0 Å². The molecule has 0 saturated heterocycles. The van der Waals surface area contributed by atoms with Gasteiger partial charge in [0.2, 0.25) is 0 Å². The van der Waals surface area contributed by atoms with Crippen LogP contribution in [-0.4, -0.2) is 49.9 Å². The number of rotatable bonds is 1. The molecule has 0 fully saturated rings. The topological polar surface area (TPSA) is 0 Å². The minimum absolute atomic E-state index is 0. The number of halogens is 3. The SMILES string of the molecule is CSc1ccc(C)cc1.Clc1ccc(Cl)cc1.S.[Cl-].[Na+].[Na][Na]. The summed E-state index contributed by atoms with van der Waals surface area (Å²) in [6, 6.07) is 15.6. The Balaban J connectivity index is -0.000000118. The van der Waals surface area contributed by atoms with Crippen molar-refractivity contribution in [3.05, 3.63) is 64.1 Å². The Morgan fingerprint density at radius 1 is 0.818 bits per heavy atom. The van der Waals surface area contributed by atoms with Crippen LogP contribution in [0.3, 0.4) is 0 Å². The Kier molecular flexibility index (Phi) is 32.7. The molecule has 0 aromatic heterocycles.